The highest BCUT2D eigenvalue weighted by Crippen LogP contribution is 2.37. The van der Waals surface area contributed by atoms with Crippen molar-refractivity contribution in [2.24, 2.45) is 5.92 Å². The van der Waals surface area contributed by atoms with Crippen LogP contribution in [0.1, 0.15) is 47.3 Å². The Labute approximate surface area is 150 Å². The quantitative estimate of drug-likeness (QED) is 0.718. The molecule has 126 valence electrons. The minimum atomic E-state index is -0.889. The minimum absolute atomic E-state index is 0.0770. The first kappa shape index (κ1) is 17.2. The molecule has 0 amide bonds. The van der Waals surface area contributed by atoms with E-state index >= 15 is 0 Å². The number of carboxylic acid groups (broad SMARTS) is 1. The van der Waals surface area contributed by atoms with Crippen molar-refractivity contribution in [1.29, 1.82) is 0 Å². The summed E-state index contributed by atoms with van der Waals surface area (Å²) in [6.07, 6.45) is 5.23. The lowest BCUT2D eigenvalue weighted by atomic mass is 9.85. The molecule has 0 atom stereocenters. The van der Waals surface area contributed by atoms with Crippen LogP contribution in [0.15, 0.2) is 30.3 Å². The average Bonchev–Trinajstić information content (AvgIpc) is 2.98. The maximum atomic E-state index is 12.8. The van der Waals surface area contributed by atoms with E-state index in [0.717, 1.165) is 36.1 Å². The van der Waals surface area contributed by atoms with E-state index in [1.165, 1.54) is 17.8 Å². The highest BCUT2D eigenvalue weighted by Gasteiger charge is 2.25. The molecular formula is C19H19ClO3S. The highest BCUT2D eigenvalue weighted by atomic mass is 35.5. The first-order valence-corrected chi connectivity index (χ1v) is 9.38. The number of thiophene rings is 1. The van der Waals surface area contributed by atoms with E-state index < -0.39 is 5.97 Å². The van der Waals surface area contributed by atoms with Crippen LogP contribution < -0.4 is 0 Å². The molecule has 1 saturated carbocycles. The number of carboxylic acids is 1. The van der Waals surface area contributed by atoms with Crippen LogP contribution in [0.2, 0.25) is 5.02 Å². The van der Waals surface area contributed by atoms with Crippen LogP contribution in [0, 0.1) is 5.92 Å². The maximum absolute atomic E-state index is 12.8. The lowest BCUT2D eigenvalue weighted by molar-refractivity contribution is -0.136. The van der Waals surface area contributed by atoms with Crippen molar-refractivity contribution in [1.82, 2.24) is 0 Å². The first-order valence-electron chi connectivity index (χ1n) is 8.19. The number of benzene rings is 1. The normalized spacial score (nSPS) is 15.4. The zero-order valence-corrected chi connectivity index (χ0v) is 14.8. The summed E-state index contributed by atoms with van der Waals surface area (Å²) >= 11 is 7.34. The van der Waals surface area contributed by atoms with Crippen molar-refractivity contribution in [2.75, 3.05) is 0 Å². The Morgan fingerprint density at radius 2 is 1.79 bits per heavy atom. The molecule has 0 unspecified atom stereocenters. The van der Waals surface area contributed by atoms with Crippen LogP contribution in [0.4, 0.5) is 0 Å². The zero-order valence-electron chi connectivity index (χ0n) is 13.3. The lowest BCUT2D eigenvalue weighted by Gasteiger charge is -2.19. The second-order valence-corrected chi connectivity index (χ2v) is 7.73. The van der Waals surface area contributed by atoms with Crippen LogP contribution in [0.25, 0.3) is 10.4 Å². The van der Waals surface area contributed by atoms with Gasteiger partial charge >= 0.3 is 5.97 Å². The van der Waals surface area contributed by atoms with Crippen molar-refractivity contribution >= 4 is 34.7 Å². The van der Waals surface area contributed by atoms with Gasteiger partial charge in [0.25, 0.3) is 0 Å². The van der Waals surface area contributed by atoms with Gasteiger partial charge in [-0.2, -0.15) is 0 Å². The summed E-state index contributed by atoms with van der Waals surface area (Å²) in [6.45, 7) is 0. The number of rotatable bonds is 5. The van der Waals surface area contributed by atoms with E-state index in [9.17, 15) is 14.7 Å². The molecule has 5 heteroatoms. The number of aliphatic carboxylic acids is 1. The number of ketones is 1. The largest absolute Gasteiger partial charge is 0.481 e. The number of carbonyl (C=O) groups is 2. The van der Waals surface area contributed by atoms with Crippen molar-refractivity contribution in [3.63, 3.8) is 0 Å². The topological polar surface area (TPSA) is 54.4 Å². The molecule has 1 aliphatic rings. The molecule has 1 aromatic carbocycles. The molecule has 0 saturated heterocycles. The second kappa shape index (κ2) is 7.49. The number of Topliss-reactive ketones (excluding diaryl/α,β-unsaturated/α-hetero) is 1. The fourth-order valence-electron chi connectivity index (χ4n) is 3.26. The molecule has 0 radical (unpaired) electrons. The molecule has 24 heavy (non-hydrogen) atoms. The molecule has 3 rings (SSSR count). The summed E-state index contributed by atoms with van der Waals surface area (Å²) < 4.78 is 0. The van der Waals surface area contributed by atoms with Crippen molar-refractivity contribution in [3.05, 3.63) is 45.8 Å². The first-order chi connectivity index (χ1) is 11.5. The van der Waals surface area contributed by atoms with Crippen LogP contribution in [0.3, 0.4) is 0 Å². The molecule has 1 aromatic heterocycles. The predicted octanol–water partition coefficient (Wildman–Crippen LogP) is 5.46. The summed E-state index contributed by atoms with van der Waals surface area (Å²) in [6, 6.07) is 9.08. The van der Waals surface area contributed by atoms with Crippen LogP contribution >= 0.6 is 22.9 Å². The van der Waals surface area contributed by atoms with E-state index in [4.69, 9.17) is 11.6 Å². The van der Waals surface area contributed by atoms with Crippen molar-refractivity contribution < 1.29 is 14.7 Å². The Balaban J connectivity index is 1.94. The molecule has 1 N–H and O–H groups in total. The SMILES string of the molecule is O=C(O)Cc1cc(C(=O)C2CCCCC2)sc1-c1ccc(Cl)cc1. The van der Waals surface area contributed by atoms with Crippen LogP contribution in [0.5, 0.6) is 0 Å². The van der Waals surface area contributed by atoms with E-state index in [0.29, 0.717) is 15.5 Å². The van der Waals surface area contributed by atoms with E-state index in [1.54, 1.807) is 18.2 Å². The van der Waals surface area contributed by atoms with Crippen LogP contribution in [-0.4, -0.2) is 16.9 Å². The third-order valence-electron chi connectivity index (χ3n) is 4.48. The fraction of sp³-hybridized carbons (Fsp3) is 0.368. The molecule has 3 nitrogen and oxygen atoms in total. The molecule has 0 spiro atoms. The number of carbonyl (C=O) groups excluding carboxylic acids is 1. The Bertz CT molecular complexity index is 742. The Morgan fingerprint density at radius 1 is 1.12 bits per heavy atom. The predicted molar refractivity (Wildman–Crippen MR) is 97.0 cm³/mol. The number of halogens is 1. The van der Waals surface area contributed by atoms with Gasteiger partial charge in [-0.25, -0.2) is 0 Å². The standard InChI is InChI=1S/C19H19ClO3S/c20-15-8-6-13(7-9-15)19-14(11-17(21)22)10-16(24-19)18(23)12-4-2-1-3-5-12/h6-10,12H,1-5,11H2,(H,21,22). The van der Waals surface area contributed by atoms with Gasteiger partial charge in [0.05, 0.1) is 11.3 Å². The minimum Gasteiger partial charge on any atom is -0.481 e. The van der Waals surface area contributed by atoms with Gasteiger partial charge in [-0.15, -0.1) is 11.3 Å². The molecule has 0 bridgehead atoms. The molecule has 2 aromatic rings. The highest BCUT2D eigenvalue weighted by molar-refractivity contribution is 7.17. The monoisotopic (exact) mass is 362 g/mol. The third-order valence-corrected chi connectivity index (χ3v) is 5.97. The van der Waals surface area contributed by atoms with E-state index in [1.807, 2.05) is 12.1 Å². The summed E-state index contributed by atoms with van der Waals surface area (Å²) in [4.78, 5) is 25.5. The second-order valence-electron chi connectivity index (χ2n) is 6.24. The van der Waals surface area contributed by atoms with Crippen LogP contribution in [-0.2, 0) is 11.2 Å². The lowest BCUT2D eigenvalue weighted by Crippen LogP contribution is -2.16. The average molecular weight is 363 g/mol. The Morgan fingerprint density at radius 3 is 2.42 bits per heavy atom. The third kappa shape index (κ3) is 3.87. The number of hydrogen-bond donors (Lipinski definition) is 1. The van der Waals surface area contributed by atoms with Gasteiger partial charge in [-0.3, -0.25) is 9.59 Å². The van der Waals surface area contributed by atoms with Gasteiger partial charge < -0.3 is 5.11 Å². The molecule has 0 aliphatic heterocycles. The van der Waals surface area contributed by atoms with Crippen molar-refractivity contribution in [2.45, 2.75) is 38.5 Å². The van der Waals surface area contributed by atoms with E-state index in [-0.39, 0.29) is 18.1 Å². The van der Waals surface area contributed by atoms with Gasteiger partial charge in [0, 0.05) is 15.8 Å². The molecule has 1 fully saturated rings. The zero-order chi connectivity index (χ0) is 17.1. The van der Waals surface area contributed by atoms with Gasteiger partial charge in [-0.1, -0.05) is 43.0 Å². The number of hydrogen-bond acceptors (Lipinski definition) is 3. The fourth-order valence-corrected chi connectivity index (χ4v) is 4.59. The smallest absolute Gasteiger partial charge is 0.307 e. The summed E-state index contributed by atoms with van der Waals surface area (Å²) in [7, 11) is 0. The Kier molecular flexibility index (Phi) is 5.36. The maximum Gasteiger partial charge on any atom is 0.307 e. The molecule has 1 aliphatic carbocycles. The summed E-state index contributed by atoms with van der Waals surface area (Å²) in [5.41, 5.74) is 1.61. The van der Waals surface area contributed by atoms with Gasteiger partial charge in [-0.05, 0) is 42.2 Å². The molecule has 1 heterocycles. The van der Waals surface area contributed by atoms with E-state index in [2.05, 4.69) is 0 Å². The summed E-state index contributed by atoms with van der Waals surface area (Å²) in [5.74, 6) is -0.626. The Hall–Kier alpha value is -1.65. The van der Waals surface area contributed by atoms with Crippen molar-refractivity contribution in [3.8, 4) is 10.4 Å². The molecular weight excluding hydrogens is 344 g/mol. The van der Waals surface area contributed by atoms with Gasteiger partial charge in [0.1, 0.15) is 0 Å². The van der Waals surface area contributed by atoms with Gasteiger partial charge in [0.2, 0.25) is 0 Å². The summed E-state index contributed by atoms with van der Waals surface area (Å²) in [5, 5.41) is 9.81. The van der Waals surface area contributed by atoms with Gasteiger partial charge in [0.15, 0.2) is 5.78 Å².